The van der Waals surface area contributed by atoms with E-state index in [0.717, 1.165) is 16.7 Å². The molecule has 0 atom stereocenters. The Labute approximate surface area is 77.0 Å². The van der Waals surface area contributed by atoms with Crippen LogP contribution in [0.25, 0.3) is 0 Å². The highest BCUT2D eigenvalue weighted by molar-refractivity contribution is 7.80. The minimum atomic E-state index is 0.535. The van der Waals surface area contributed by atoms with Gasteiger partial charge in [-0.2, -0.15) is 0 Å². The summed E-state index contributed by atoms with van der Waals surface area (Å²) in [6.45, 7) is 1.92. The van der Waals surface area contributed by atoms with Crippen LogP contribution in [0.4, 0.5) is 0 Å². The van der Waals surface area contributed by atoms with Gasteiger partial charge in [0.25, 0.3) is 0 Å². The third-order valence-electron chi connectivity index (χ3n) is 1.69. The Morgan fingerprint density at radius 1 is 1.50 bits per heavy atom. The molecular formula is C9H10O2S. The average molecular weight is 182 g/mol. The van der Waals surface area contributed by atoms with Gasteiger partial charge in [-0.05, 0) is 18.6 Å². The molecule has 0 aliphatic carbocycles. The molecule has 0 aliphatic heterocycles. The lowest BCUT2D eigenvalue weighted by Crippen LogP contribution is -1.93. The number of aldehydes is 1. The van der Waals surface area contributed by atoms with Gasteiger partial charge in [0.2, 0.25) is 0 Å². The maximum Gasteiger partial charge on any atom is 0.153 e. The number of rotatable bonds is 2. The van der Waals surface area contributed by atoms with Gasteiger partial charge in [0.1, 0.15) is 5.75 Å². The van der Waals surface area contributed by atoms with Crippen molar-refractivity contribution >= 4 is 18.9 Å². The summed E-state index contributed by atoms with van der Waals surface area (Å²) in [7, 11) is 1.53. The van der Waals surface area contributed by atoms with Crippen molar-refractivity contribution < 1.29 is 9.53 Å². The minimum absolute atomic E-state index is 0.535. The predicted octanol–water partition coefficient (Wildman–Crippen LogP) is 2.10. The van der Waals surface area contributed by atoms with Crippen LogP contribution in [0.2, 0.25) is 0 Å². The van der Waals surface area contributed by atoms with Crippen molar-refractivity contribution in [2.75, 3.05) is 7.11 Å². The summed E-state index contributed by atoms with van der Waals surface area (Å²) in [6, 6.07) is 3.56. The van der Waals surface area contributed by atoms with E-state index in [1.165, 1.54) is 7.11 Å². The van der Waals surface area contributed by atoms with Crippen molar-refractivity contribution in [3.05, 3.63) is 23.3 Å². The summed E-state index contributed by atoms with van der Waals surface area (Å²) in [5.74, 6) is 0.549. The van der Waals surface area contributed by atoms with Crippen LogP contribution in [0, 0.1) is 6.92 Å². The van der Waals surface area contributed by atoms with Crippen LogP contribution in [0.3, 0.4) is 0 Å². The molecule has 3 heteroatoms. The molecule has 0 saturated heterocycles. The molecule has 0 fully saturated rings. The molecule has 0 spiro atoms. The van der Waals surface area contributed by atoms with Gasteiger partial charge < -0.3 is 4.74 Å². The highest BCUT2D eigenvalue weighted by Gasteiger charge is 2.07. The third-order valence-corrected chi connectivity index (χ3v) is 2.25. The summed E-state index contributed by atoms with van der Waals surface area (Å²) in [5.41, 5.74) is 1.54. The number of aryl methyl sites for hydroxylation is 1. The average Bonchev–Trinajstić information content (AvgIpc) is 2.09. The summed E-state index contributed by atoms with van der Waals surface area (Å²) >= 11 is 4.23. The standard InChI is InChI=1S/C9H10O2S/c1-6-3-4-7(5-10)8(11-2)9(6)12/h3-5,12H,1-2H3. The summed E-state index contributed by atoms with van der Waals surface area (Å²) in [5, 5.41) is 0. The van der Waals surface area contributed by atoms with Gasteiger partial charge in [0.15, 0.2) is 6.29 Å². The lowest BCUT2D eigenvalue weighted by Gasteiger charge is -2.08. The van der Waals surface area contributed by atoms with Crippen LogP contribution in [-0.2, 0) is 0 Å². The predicted molar refractivity (Wildman–Crippen MR) is 50.4 cm³/mol. The van der Waals surface area contributed by atoms with Crippen molar-refractivity contribution in [3.8, 4) is 5.75 Å². The Hall–Kier alpha value is -0.960. The first kappa shape index (κ1) is 9.13. The van der Waals surface area contributed by atoms with E-state index in [1.807, 2.05) is 13.0 Å². The number of thiol groups is 1. The van der Waals surface area contributed by atoms with Crippen molar-refractivity contribution in [2.45, 2.75) is 11.8 Å². The normalized spacial score (nSPS) is 9.58. The Balaban J connectivity index is 3.35. The topological polar surface area (TPSA) is 26.3 Å². The van der Waals surface area contributed by atoms with Crippen LogP contribution in [0.15, 0.2) is 17.0 Å². The van der Waals surface area contributed by atoms with Gasteiger partial charge in [-0.3, -0.25) is 4.79 Å². The fraction of sp³-hybridized carbons (Fsp3) is 0.222. The Morgan fingerprint density at radius 3 is 2.67 bits per heavy atom. The van der Waals surface area contributed by atoms with Gasteiger partial charge in [0.05, 0.1) is 12.7 Å². The van der Waals surface area contributed by atoms with Crippen molar-refractivity contribution in [2.24, 2.45) is 0 Å². The maximum absolute atomic E-state index is 10.5. The molecular weight excluding hydrogens is 172 g/mol. The number of carbonyl (C=O) groups excluding carboxylic acids is 1. The highest BCUT2D eigenvalue weighted by Crippen LogP contribution is 2.28. The van der Waals surface area contributed by atoms with Crippen LogP contribution in [0.1, 0.15) is 15.9 Å². The molecule has 0 aromatic heterocycles. The molecule has 0 aliphatic rings. The molecule has 0 unspecified atom stereocenters. The molecule has 1 aromatic rings. The molecule has 0 amide bonds. The molecule has 1 rings (SSSR count). The highest BCUT2D eigenvalue weighted by atomic mass is 32.1. The second-order valence-corrected chi connectivity index (χ2v) is 2.92. The molecule has 0 N–H and O–H groups in total. The molecule has 12 heavy (non-hydrogen) atoms. The summed E-state index contributed by atoms with van der Waals surface area (Å²) in [6.07, 6.45) is 0.762. The monoisotopic (exact) mass is 182 g/mol. The fourth-order valence-corrected chi connectivity index (χ4v) is 1.29. The van der Waals surface area contributed by atoms with Crippen LogP contribution in [-0.4, -0.2) is 13.4 Å². The van der Waals surface area contributed by atoms with Gasteiger partial charge in [-0.15, -0.1) is 12.6 Å². The first-order valence-corrected chi connectivity index (χ1v) is 3.97. The second-order valence-electron chi connectivity index (χ2n) is 2.47. The van der Waals surface area contributed by atoms with E-state index in [4.69, 9.17) is 4.74 Å². The van der Waals surface area contributed by atoms with E-state index in [9.17, 15) is 4.79 Å². The van der Waals surface area contributed by atoms with E-state index in [-0.39, 0.29) is 0 Å². The van der Waals surface area contributed by atoms with Gasteiger partial charge in [-0.25, -0.2) is 0 Å². The smallest absolute Gasteiger partial charge is 0.153 e. The quantitative estimate of drug-likeness (QED) is 0.560. The maximum atomic E-state index is 10.5. The zero-order valence-electron chi connectivity index (χ0n) is 7.00. The van der Waals surface area contributed by atoms with Crippen LogP contribution in [0.5, 0.6) is 5.75 Å². The van der Waals surface area contributed by atoms with Gasteiger partial charge in [-0.1, -0.05) is 6.07 Å². The number of hydrogen-bond acceptors (Lipinski definition) is 3. The number of carbonyl (C=O) groups is 1. The third kappa shape index (κ3) is 1.46. The second kappa shape index (κ2) is 3.63. The molecule has 1 aromatic carbocycles. The Morgan fingerprint density at radius 2 is 2.17 bits per heavy atom. The van der Waals surface area contributed by atoms with E-state index >= 15 is 0 Å². The van der Waals surface area contributed by atoms with Crippen LogP contribution < -0.4 is 4.74 Å². The molecule has 0 bridgehead atoms. The van der Waals surface area contributed by atoms with E-state index < -0.39 is 0 Å². The van der Waals surface area contributed by atoms with Crippen molar-refractivity contribution in [1.82, 2.24) is 0 Å². The zero-order chi connectivity index (χ0) is 9.14. The van der Waals surface area contributed by atoms with E-state index in [2.05, 4.69) is 12.6 Å². The fourth-order valence-electron chi connectivity index (χ4n) is 0.993. The lowest BCUT2D eigenvalue weighted by atomic mass is 10.1. The van der Waals surface area contributed by atoms with Crippen molar-refractivity contribution in [1.29, 1.82) is 0 Å². The minimum Gasteiger partial charge on any atom is -0.495 e. The summed E-state index contributed by atoms with van der Waals surface area (Å²) < 4.78 is 5.04. The Kier molecular flexibility index (Phi) is 2.76. The molecule has 64 valence electrons. The molecule has 0 saturated carbocycles. The van der Waals surface area contributed by atoms with E-state index in [0.29, 0.717) is 11.3 Å². The number of benzene rings is 1. The largest absolute Gasteiger partial charge is 0.495 e. The lowest BCUT2D eigenvalue weighted by molar-refractivity contribution is 0.112. The summed E-state index contributed by atoms with van der Waals surface area (Å²) in [4.78, 5) is 11.3. The SMILES string of the molecule is COc1c(C=O)ccc(C)c1S. The number of hydrogen-bond donors (Lipinski definition) is 1. The first-order valence-electron chi connectivity index (χ1n) is 3.52. The molecule has 0 heterocycles. The molecule has 2 nitrogen and oxygen atoms in total. The number of methoxy groups -OCH3 is 1. The Bertz CT molecular complexity index is 308. The van der Waals surface area contributed by atoms with E-state index in [1.54, 1.807) is 6.07 Å². The number of ether oxygens (including phenoxy) is 1. The van der Waals surface area contributed by atoms with Gasteiger partial charge in [0, 0.05) is 4.90 Å². The van der Waals surface area contributed by atoms with Gasteiger partial charge >= 0.3 is 0 Å². The molecule has 0 radical (unpaired) electrons. The van der Waals surface area contributed by atoms with Crippen molar-refractivity contribution in [3.63, 3.8) is 0 Å². The first-order chi connectivity index (χ1) is 5.70. The zero-order valence-corrected chi connectivity index (χ0v) is 7.89. The van der Waals surface area contributed by atoms with Crippen LogP contribution >= 0.6 is 12.6 Å².